The van der Waals surface area contributed by atoms with Crippen LogP contribution in [0.25, 0.3) is 0 Å². The fraction of sp³-hybridized carbons (Fsp3) is 0.600. The zero-order valence-electron chi connectivity index (χ0n) is 15.4. The normalized spacial score (nSPS) is 19.0. The second kappa shape index (κ2) is 9.65. The zero-order valence-corrected chi connectivity index (χ0v) is 16.9. The highest BCUT2D eigenvalue weighted by molar-refractivity contribution is 6.42. The van der Waals surface area contributed by atoms with E-state index >= 15 is 0 Å². The molecule has 7 heteroatoms. The fourth-order valence-corrected chi connectivity index (χ4v) is 4.05. The van der Waals surface area contributed by atoms with E-state index in [1.165, 1.54) is 6.42 Å². The summed E-state index contributed by atoms with van der Waals surface area (Å²) in [7, 11) is 0. The molecule has 148 valence electrons. The second-order valence-electron chi connectivity index (χ2n) is 7.36. The van der Waals surface area contributed by atoms with Crippen molar-refractivity contribution in [2.75, 3.05) is 19.7 Å². The van der Waals surface area contributed by atoms with Crippen LogP contribution in [0, 0.1) is 5.92 Å². The first-order chi connectivity index (χ1) is 13.0. The largest absolute Gasteiger partial charge is 0.484 e. The number of piperidine rings is 1. The summed E-state index contributed by atoms with van der Waals surface area (Å²) in [5.41, 5.74) is 0. The van der Waals surface area contributed by atoms with Crippen LogP contribution in [0.1, 0.15) is 44.9 Å². The molecule has 0 bridgehead atoms. The number of rotatable bonds is 5. The summed E-state index contributed by atoms with van der Waals surface area (Å²) in [6.45, 7) is 1.25. The predicted molar refractivity (Wildman–Crippen MR) is 106 cm³/mol. The van der Waals surface area contributed by atoms with Gasteiger partial charge in [-0.1, -0.05) is 42.5 Å². The van der Waals surface area contributed by atoms with Crippen LogP contribution in [0.5, 0.6) is 5.75 Å². The number of carbonyl (C=O) groups is 2. The summed E-state index contributed by atoms with van der Waals surface area (Å²) in [6.07, 6.45) is 7.15. The van der Waals surface area contributed by atoms with Crippen LogP contribution in [0.2, 0.25) is 10.0 Å². The van der Waals surface area contributed by atoms with Crippen molar-refractivity contribution in [3.05, 3.63) is 28.2 Å². The molecule has 0 unspecified atom stereocenters. The Morgan fingerprint density at radius 3 is 2.41 bits per heavy atom. The number of carbonyl (C=O) groups excluding carboxylic acids is 2. The van der Waals surface area contributed by atoms with E-state index in [1.807, 2.05) is 0 Å². The molecule has 3 rings (SSSR count). The van der Waals surface area contributed by atoms with Gasteiger partial charge in [-0.25, -0.2) is 0 Å². The molecule has 0 aromatic heterocycles. The Morgan fingerprint density at radius 1 is 1.04 bits per heavy atom. The van der Waals surface area contributed by atoms with Gasteiger partial charge in [-0.15, -0.1) is 0 Å². The van der Waals surface area contributed by atoms with Crippen LogP contribution in [-0.2, 0) is 9.59 Å². The smallest absolute Gasteiger partial charge is 0.260 e. The molecule has 5 nitrogen and oxygen atoms in total. The monoisotopic (exact) mass is 412 g/mol. The van der Waals surface area contributed by atoms with Crippen molar-refractivity contribution < 1.29 is 14.3 Å². The van der Waals surface area contributed by atoms with Crippen LogP contribution in [0.15, 0.2) is 18.2 Å². The van der Waals surface area contributed by atoms with Gasteiger partial charge in [-0.05, 0) is 37.8 Å². The lowest BCUT2D eigenvalue weighted by Crippen LogP contribution is -2.48. The lowest BCUT2D eigenvalue weighted by molar-refractivity contribution is -0.134. The molecule has 2 amide bonds. The van der Waals surface area contributed by atoms with E-state index in [-0.39, 0.29) is 30.4 Å². The third-order valence-corrected chi connectivity index (χ3v) is 6.16. The summed E-state index contributed by atoms with van der Waals surface area (Å²) in [5, 5.41) is 4.03. The highest BCUT2D eigenvalue weighted by Gasteiger charge is 2.27. The highest BCUT2D eigenvalue weighted by Crippen LogP contribution is 2.26. The van der Waals surface area contributed by atoms with Crippen molar-refractivity contribution >= 4 is 35.0 Å². The molecule has 2 aliphatic rings. The van der Waals surface area contributed by atoms with Gasteiger partial charge in [0.2, 0.25) is 5.91 Å². The first kappa shape index (κ1) is 20.3. The average Bonchev–Trinajstić information content (AvgIpc) is 2.70. The lowest BCUT2D eigenvalue weighted by atomic mass is 9.88. The molecular weight excluding hydrogens is 387 g/mol. The van der Waals surface area contributed by atoms with Gasteiger partial charge >= 0.3 is 0 Å². The first-order valence-electron chi connectivity index (χ1n) is 9.69. The molecule has 1 aromatic rings. The van der Waals surface area contributed by atoms with Gasteiger partial charge in [-0.2, -0.15) is 0 Å². The van der Waals surface area contributed by atoms with Gasteiger partial charge in [0.15, 0.2) is 6.61 Å². The summed E-state index contributed by atoms with van der Waals surface area (Å²) in [5.74, 6) is 0.839. The maximum atomic E-state index is 12.4. The summed E-state index contributed by atoms with van der Waals surface area (Å²) in [4.78, 5) is 26.5. The van der Waals surface area contributed by atoms with Gasteiger partial charge in [0.05, 0.1) is 10.0 Å². The van der Waals surface area contributed by atoms with Crippen LogP contribution in [0.4, 0.5) is 0 Å². The molecule has 0 radical (unpaired) electrons. The lowest BCUT2D eigenvalue weighted by Gasteiger charge is -2.33. The maximum absolute atomic E-state index is 12.4. The molecule has 1 heterocycles. The van der Waals surface area contributed by atoms with E-state index in [1.54, 1.807) is 23.1 Å². The molecule has 0 spiro atoms. The number of hydrogen-bond donors (Lipinski definition) is 1. The van der Waals surface area contributed by atoms with Gasteiger partial charge in [0, 0.05) is 31.1 Å². The number of hydrogen-bond acceptors (Lipinski definition) is 3. The Balaban J connectivity index is 1.39. The number of halogens is 2. The first-order valence-corrected chi connectivity index (χ1v) is 10.4. The third-order valence-electron chi connectivity index (χ3n) is 5.42. The minimum Gasteiger partial charge on any atom is -0.484 e. The van der Waals surface area contributed by atoms with E-state index in [4.69, 9.17) is 27.9 Å². The molecule has 27 heavy (non-hydrogen) atoms. The molecular formula is C20H26Cl2N2O3. The quantitative estimate of drug-likeness (QED) is 0.792. The fourth-order valence-electron chi connectivity index (χ4n) is 3.76. The predicted octanol–water partition coefficient (Wildman–Crippen LogP) is 4.06. The minimum atomic E-state index is -0.0573. The molecule has 0 atom stereocenters. The van der Waals surface area contributed by atoms with Crippen molar-refractivity contribution in [2.45, 2.75) is 51.0 Å². The van der Waals surface area contributed by atoms with Gasteiger partial charge in [0.1, 0.15) is 5.75 Å². The number of nitrogens with zero attached hydrogens (tertiary/aromatic N) is 1. The maximum Gasteiger partial charge on any atom is 0.260 e. The van der Waals surface area contributed by atoms with Gasteiger partial charge in [-0.3, -0.25) is 9.59 Å². The number of likely N-dealkylation sites (tertiary alicyclic amines) is 1. The third kappa shape index (κ3) is 5.76. The Labute approximate surface area is 170 Å². The second-order valence-corrected chi connectivity index (χ2v) is 8.18. The highest BCUT2D eigenvalue weighted by atomic mass is 35.5. The van der Waals surface area contributed by atoms with Crippen molar-refractivity contribution in [3.63, 3.8) is 0 Å². The van der Waals surface area contributed by atoms with Gasteiger partial charge in [0.25, 0.3) is 5.91 Å². The Kier molecular flexibility index (Phi) is 7.25. The summed E-state index contributed by atoms with van der Waals surface area (Å²) < 4.78 is 5.52. The SMILES string of the molecule is O=C(NC1CCN(C(=O)COc2ccc(Cl)c(Cl)c2)CC1)C1CCCCC1. The molecule has 1 aliphatic heterocycles. The molecule has 1 saturated heterocycles. The Morgan fingerprint density at radius 2 is 1.74 bits per heavy atom. The molecule has 1 N–H and O–H groups in total. The van der Waals surface area contributed by atoms with Gasteiger partial charge < -0.3 is 15.0 Å². The van der Waals surface area contributed by atoms with Crippen LogP contribution < -0.4 is 10.1 Å². The Bertz CT molecular complexity index is 669. The standard InChI is InChI=1S/C20H26Cl2N2O3/c21-17-7-6-16(12-18(17)22)27-13-19(25)24-10-8-15(9-11-24)23-20(26)14-4-2-1-3-5-14/h6-7,12,14-15H,1-5,8-11,13H2,(H,23,26). The van der Waals surface area contributed by atoms with Crippen molar-refractivity contribution in [3.8, 4) is 5.75 Å². The van der Waals surface area contributed by atoms with E-state index in [2.05, 4.69) is 5.32 Å². The number of benzene rings is 1. The van der Waals surface area contributed by atoms with E-state index in [9.17, 15) is 9.59 Å². The van der Waals surface area contributed by atoms with Crippen LogP contribution in [0.3, 0.4) is 0 Å². The van der Waals surface area contributed by atoms with Crippen molar-refractivity contribution in [2.24, 2.45) is 5.92 Å². The number of amides is 2. The summed E-state index contributed by atoms with van der Waals surface area (Å²) >= 11 is 11.8. The number of nitrogens with one attached hydrogen (secondary N) is 1. The average molecular weight is 413 g/mol. The molecule has 1 aromatic carbocycles. The molecule has 2 fully saturated rings. The number of ether oxygens (including phenoxy) is 1. The zero-order chi connectivity index (χ0) is 19.2. The van der Waals surface area contributed by atoms with E-state index in [0.717, 1.165) is 38.5 Å². The van der Waals surface area contributed by atoms with Crippen LogP contribution >= 0.6 is 23.2 Å². The molecule has 1 aliphatic carbocycles. The Hall–Kier alpha value is -1.46. The molecule has 1 saturated carbocycles. The van der Waals surface area contributed by atoms with E-state index in [0.29, 0.717) is 28.9 Å². The van der Waals surface area contributed by atoms with Crippen molar-refractivity contribution in [1.82, 2.24) is 10.2 Å². The van der Waals surface area contributed by atoms with E-state index < -0.39 is 0 Å². The summed E-state index contributed by atoms with van der Waals surface area (Å²) in [6, 6.07) is 5.10. The van der Waals surface area contributed by atoms with Crippen molar-refractivity contribution in [1.29, 1.82) is 0 Å². The topological polar surface area (TPSA) is 58.6 Å². The van der Waals surface area contributed by atoms with Crippen LogP contribution in [-0.4, -0.2) is 42.5 Å². The minimum absolute atomic E-state index is 0.0307.